The van der Waals surface area contributed by atoms with Crippen LogP contribution in [0.5, 0.6) is 0 Å². The quantitative estimate of drug-likeness (QED) is 0.243. The first kappa shape index (κ1) is 31.3. The fraction of sp³-hybridized carbons (Fsp3) is 0.333. The summed E-state index contributed by atoms with van der Waals surface area (Å²) in [4.78, 5) is 43.9. The smallest absolute Gasteiger partial charge is 0.417 e. The number of anilines is 1. The number of aromatic nitrogens is 2. The number of aliphatic carboxylic acids is 1. The molecule has 1 saturated heterocycles. The molecule has 2 aromatic carbocycles. The second kappa shape index (κ2) is 13.1. The molecule has 0 radical (unpaired) electrons. The minimum atomic E-state index is -4.94. The Morgan fingerprint density at radius 2 is 1.90 bits per heavy atom. The number of carboxylic acid groups (broad SMARTS) is 1. The Labute approximate surface area is 278 Å². The zero-order valence-corrected chi connectivity index (χ0v) is 25.7. The van der Waals surface area contributed by atoms with Gasteiger partial charge in [-0.1, -0.05) is 18.2 Å². The molecular formula is C33H29F7N4O5. The lowest BCUT2D eigenvalue weighted by Crippen LogP contribution is -2.53. The van der Waals surface area contributed by atoms with Crippen LogP contribution in [0.3, 0.4) is 0 Å². The van der Waals surface area contributed by atoms with E-state index in [4.69, 9.17) is 8.85 Å². The number of hydrogen-bond donors (Lipinski definition) is 2. The second-order valence-corrected chi connectivity index (χ2v) is 11.4. The molecule has 1 aliphatic heterocycles. The topological polar surface area (TPSA) is 114 Å². The monoisotopic (exact) mass is 697 g/mol. The zero-order valence-electron chi connectivity index (χ0n) is 28.7. The molecule has 0 spiro atoms. The van der Waals surface area contributed by atoms with E-state index >= 15 is 4.39 Å². The van der Waals surface area contributed by atoms with Crippen LogP contribution in [0, 0.1) is 19.6 Å². The molecule has 49 heavy (non-hydrogen) atoms. The van der Waals surface area contributed by atoms with Gasteiger partial charge in [-0.3, -0.25) is 14.6 Å². The molecule has 0 unspecified atom stereocenters. The minimum absolute atomic E-state index is 0.0364. The minimum Gasteiger partial charge on any atom is -0.480 e. The maximum atomic E-state index is 15.7. The number of carbonyl (C=O) groups excluding carboxylic acids is 1. The third-order valence-electron chi connectivity index (χ3n) is 8.27. The maximum Gasteiger partial charge on any atom is 0.417 e. The van der Waals surface area contributed by atoms with Crippen LogP contribution >= 0.6 is 0 Å². The summed E-state index contributed by atoms with van der Waals surface area (Å²) in [6.45, 7) is -3.30. The normalized spacial score (nSPS) is 17.3. The number of ether oxygens (including phenoxy) is 1. The van der Waals surface area contributed by atoms with Crippen LogP contribution in [0.1, 0.15) is 36.9 Å². The number of alkyl halides is 6. The first-order chi connectivity index (χ1) is 24.1. The van der Waals surface area contributed by atoms with Crippen molar-refractivity contribution in [3.05, 3.63) is 92.8 Å². The van der Waals surface area contributed by atoms with Crippen LogP contribution < -0.4 is 15.8 Å². The number of nitrogens with one attached hydrogen (secondary N) is 1. The Hall–Kier alpha value is -4.99. The van der Waals surface area contributed by atoms with Gasteiger partial charge in [-0.25, -0.2) is 9.18 Å². The Morgan fingerprint density at radius 3 is 2.55 bits per heavy atom. The summed E-state index contributed by atoms with van der Waals surface area (Å²) < 4.78 is 129. The number of pyridine rings is 2. The third-order valence-corrected chi connectivity index (χ3v) is 8.27. The number of carbonyl (C=O) groups is 2. The highest BCUT2D eigenvalue weighted by atomic mass is 19.4. The van der Waals surface area contributed by atoms with Crippen LogP contribution in [-0.4, -0.2) is 64.6 Å². The fourth-order valence-corrected chi connectivity index (χ4v) is 5.74. The molecule has 2 aromatic heterocycles. The van der Waals surface area contributed by atoms with Gasteiger partial charge in [0.05, 0.1) is 35.4 Å². The number of carboxylic acids is 1. The molecule has 260 valence electrons. The van der Waals surface area contributed by atoms with Crippen molar-refractivity contribution in [1.82, 2.24) is 14.9 Å². The number of fused-ring (bicyclic) bond motifs is 1. The second-order valence-electron chi connectivity index (χ2n) is 11.4. The van der Waals surface area contributed by atoms with Crippen molar-refractivity contribution < 1.29 is 54.3 Å². The van der Waals surface area contributed by atoms with Gasteiger partial charge in [0.2, 0.25) is 0 Å². The van der Waals surface area contributed by atoms with Crippen molar-refractivity contribution in [2.75, 3.05) is 24.7 Å². The van der Waals surface area contributed by atoms with Gasteiger partial charge in [0, 0.05) is 52.7 Å². The van der Waals surface area contributed by atoms with Gasteiger partial charge in [0.15, 0.2) is 0 Å². The molecule has 1 fully saturated rings. The third kappa shape index (κ3) is 6.95. The highest BCUT2D eigenvalue weighted by Gasteiger charge is 2.46. The van der Waals surface area contributed by atoms with E-state index in [-0.39, 0.29) is 40.9 Å². The Morgan fingerprint density at radius 1 is 1.16 bits per heavy atom. The molecule has 0 bridgehead atoms. The van der Waals surface area contributed by atoms with E-state index in [1.165, 1.54) is 38.4 Å². The maximum absolute atomic E-state index is 15.7. The largest absolute Gasteiger partial charge is 0.480 e. The summed E-state index contributed by atoms with van der Waals surface area (Å²) in [6.07, 6.45) is -9.11. The van der Waals surface area contributed by atoms with Gasteiger partial charge in [0.1, 0.15) is 17.9 Å². The highest BCUT2D eigenvalue weighted by Crippen LogP contribution is 2.39. The SMILES string of the molecule is [2H]C([2H])([2H])c1cc(N2CCOC[C@@H]2C(F)(F)F)cc(F)c1C(=O)N[C@@H](Cc1ccc(-c2c(C(F)(F)F)cc(C)n(C)c2=O)c2ncccc12)C(=O)O. The summed E-state index contributed by atoms with van der Waals surface area (Å²) in [5.74, 6) is -4.71. The van der Waals surface area contributed by atoms with Crippen LogP contribution in [0.25, 0.3) is 22.0 Å². The molecular weight excluding hydrogens is 665 g/mol. The Bertz CT molecular complexity index is 2120. The number of aryl methyl sites for hydroxylation is 2. The molecule has 1 aliphatic rings. The molecule has 16 heteroatoms. The number of amides is 1. The van der Waals surface area contributed by atoms with Gasteiger partial charge in [-0.05, 0) is 49.2 Å². The van der Waals surface area contributed by atoms with Crippen molar-refractivity contribution in [3.63, 3.8) is 0 Å². The number of nitrogens with zero attached hydrogens (tertiary/aromatic N) is 3. The summed E-state index contributed by atoms with van der Waals surface area (Å²) in [6, 6.07) is 3.13. The Balaban J connectivity index is 1.54. The van der Waals surface area contributed by atoms with Crippen LogP contribution in [-0.2, 0) is 29.2 Å². The number of morpholine rings is 1. The molecule has 4 aromatic rings. The molecule has 5 rings (SSSR count). The number of halogens is 7. The number of benzene rings is 2. The van der Waals surface area contributed by atoms with Crippen molar-refractivity contribution in [3.8, 4) is 11.1 Å². The van der Waals surface area contributed by atoms with E-state index in [1.54, 1.807) is 0 Å². The van der Waals surface area contributed by atoms with Gasteiger partial charge >= 0.3 is 18.3 Å². The predicted molar refractivity (Wildman–Crippen MR) is 164 cm³/mol. The summed E-state index contributed by atoms with van der Waals surface area (Å²) >= 11 is 0. The van der Waals surface area contributed by atoms with Crippen LogP contribution in [0.2, 0.25) is 0 Å². The lowest BCUT2D eigenvalue weighted by atomic mass is 9.93. The number of hydrogen-bond acceptors (Lipinski definition) is 6. The van der Waals surface area contributed by atoms with Crippen LogP contribution in [0.4, 0.5) is 36.4 Å². The van der Waals surface area contributed by atoms with E-state index in [2.05, 4.69) is 10.3 Å². The summed E-state index contributed by atoms with van der Waals surface area (Å²) in [7, 11) is 1.29. The zero-order chi connectivity index (χ0) is 38.5. The van der Waals surface area contributed by atoms with Crippen molar-refractivity contribution in [2.24, 2.45) is 7.05 Å². The van der Waals surface area contributed by atoms with E-state index in [0.29, 0.717) is 17.0 Å². The molecule has 0 aliphatic carbocycles. The Kier molecular flexibility index (Phi) is 8.39. The molecule has 2 N–H and O–H groups in total. The first-order valence-electron chi connectivity index (χ1n) is 16.0. The molecule has 9 nitrogen and oxygen atoms in total. The van der Waals surface area contributed by atoms with Crippen LogP contribution in [0.15, 0.2) is 53.5 Å². The first-order valence-corrected chi connectivity index (χ1v) is 14.5. The van der Waals surface area contributed by atoms with Gasteiger partial charge in [-0.2, -0.15) is 26.3 Å². The highest BCUT2D eigenvalue weighted by molar-refractivity contribution is 5.99. The predicted octanol–water partition coefficient (Wildman–Crippen LogP) is 5.57. The van der Waals surface area contributed by atoms with E-state index < -0.39 is 95.5 Å². The van der Waals surface area contributed by atoms with E-state index in [9.17, 15) is 45.8 Å². The van der Waals surface area contributed by atoms with Crippen molar-refractivity contribution in [2.45, 2.75) is 44.6 Å². The molecule has 2 atom stereocenters. The fourth-order valence-electron chi connectivity index (χ4n) is 5.74. The van der Waals surface area contributed by atoms with Gasteiger partial charge in [0.25, 0.3) is 11.5 Å². The van der Waals surface area contributed by atoms with Crippen molar-refractivity contribution in [1.29, 1.82) is 0 Å². The average Bonchev–Trinajstić information content (AvgIpc) is 3.05. The van der Waals surface area contributed by atoms with E-state index in [0.717, 1.165) is 16.7 Å². The van der Waals surface area contributed by atoms with Gasteiger partial charge < -0.3 is 24.6 Å². The summed E-state index contributed by atoms with van der Waals surface area (Å²) in [5.41, 5.74) is -5.63. The van der Waals surface area contributed by atoms with Crippen molar-refractivity contribution >= 4 is 28.5 Å². The average molecular weight is 698 g/mol. The summed E-state index contributed by atoms with van der Waals surface area (Å²) in [5, 5.41) is 12.2. The lowest BCUT2D eigenvalue weighted by Gasteiger charge is -2.38. The number of rotatable bonds is 7. The molecule has 0 saturated carbocycles. The van der Waals surface area contributed by atoms with E-state index in [1.807, 2.05) is 0 Å². The standard InChI is InChI=1S/C33H29F7N4O5/c1-16-11-19(44-9-10-49-15-25(44)33(38,39)40)14-23(34)26(16)29(45)42-24(31(47)48)13-18-6-7-21(28-20(18)5-4-8-41-28)27-22(32(35,36)37)12-17(2)43(3)30(27)46/h4-8,11-12,14,24-25H,9-10,13,15H2,1-3H3,(H,42,45)(H,47,48)/t24-,25+/m0/s1/i1D3. The van der Waals surface area contributed by atoms with Gasteiger partial charge in [-0.15, -0.1) is 0 Å². The molecule has 1 amide bonds. The molecule has 3 heterocycles. The lowest BCUT2D eigenvalue weighted by molar-refractivity contribution is -0.167.